The van der Waals surface area contributed by atoms with Crippen LogP contribution in [-0.2, 0) is 4.74 Å². The lowest BCUT2D eigenvalue weighted by Crippen LogP contribution is -2.14. The third-order valence-corrected chi connectivity index (χ3v) is 3.17. The summed E-state index contributed by atoms with van der Waals surface area (Å²) in [4.78, 5) is 18.7. The van der Waals surface area contributed by atoms with Crippen molar-refractivity contribution in [1.82, 2.24) is 9.97 Å². The van der Waals surface area contributed by atoms with Crippen molar-refractivity contribution in [2.75, 3.05) is 18.5 Å². The van der Waals surface area contributed by atoms with Gasteiger partial charge in [0.05, 0.1) is 6.10 Å². The summed E-state index contributed by atoms with van der Waals surface area (Å²) in [5, 5.41) is 11.9. The molecule has 104 valence electrons. The molecule has 1 fully saturated rings. The first-order valence-corrected chi connectivity index (χ1v) is 6.67. The second-order valence-corrected chi connectivity index (χ2v) is 4.62. The Labute approximate surface area is 112 Å². The smallest absolute Gasteiger partial charge is 0.358 e. The summed E-state index contributed by atoms with van der Waals surface area (Å²) in [6.45, 7) is 1.33. The maximum Gasteiger partial charge on any atom is 0.358 e. The minimum absolute atomic E-state index is 0.0424. The first-order chi connectivity index (χ1) is 9.27. The van der Waals surface area contributed by atoms with E-state index in [1.165, 1.54) is 38.1 Å². The number of anilines is 1. The van der Waals surface area contributed by atoms with E-state index in [2.05, 4.69) is 15.3 Å². The van der Waals surface area contributed by atoms with Crippen LogP contribution in [0.4, 0.5) is 5.82 Å². The lowest BCUT2D eigenvalue weighted by atomic mass is 10.3. The van der Waals surface area contributed by atoms with Gasteiger partial charge in [0.1, 0.15) is 0 Å². The Morgan fingerprint density at radius 2 is 2.11 bits per heavy atom. The number of carboxylic acids is 1. The molecule has 1 aliphatic rings. The number of ether oxygens (including phenoxy) is 1. The number of aromatic nitrogens is 2. The molecule has 0 spiro atoms. The van der Waals surface area contributed by atoms with E-state index in [1.807, 2.05) is 0 Å². The van der Waals surface area contributed by atoms with Crippen LogP contribution in [-0.4, -0.2) is 40.3 Å². The number of aromatic carboxylic acids is 1. The highest BCUT2D eigenvalue weighted by Gasteiger charge is 2.15. The number of nitrogens with one attached hydrogen (secondary N) is 1. The van der Waals surface area contributed by atoms with E-state index >= 15 is 0 Å². The molecule has 0 radical (unpaired) electrons. The molecule has 0 unspecified atom stereocenters. The highest BCUT2D eigenvalue weighted by molar-refractivity contribution is 5.90. The van der Waals surface area contributed by atoms with Crippen molar-refractivity contribution in [3.05, 3.63) is 18.1 Å². The molecule has 0 atom stereocenters. The van der Waals surface area contributed by atoms with Crippen LogP contribution in [0.3, 0.4) is 0 Å². The topological polar surface area (TPSA) is 84.3 Å². The van der Waals surface area contributed by atoms with Crippen molar-refractivity contribution < 1.29 is 14.6 Å². The molecule has 6 heteroatoms. The number of hydrogen-bond acceptors (Lipinski definition) is 5. The zero-order valence-electron chi connectivity index (χ0n) is 10.8. The van der Waals surface area contributed by atoms with Crippen LogP contribution in [0.2, 0.25) is 0 Å². The number of nitrogens with zero attached hydrogens (tertiary/aromatic N) is 2. The molecule has 0 aliphatic heterocycles. The van der Waals surface area contributed by atoms with Crippen molar-refractivity contribution in [2.45, 2.75) is 38.2 Å². The number of hydrogen-bond donors (Lipinski definition) is 2. The third kappa shape index (κ3) is 4.17. The lowest BCUT2D eigenvalue weighted by Gasteiger charge is -2.11. The summed E-state index contributed by atoms with van der Waals surface area (Å²) < 4.78 is 5.73. The molecule has 0 amide bonds. The van der Waals surface area contributed by atoms with Crippen molar-refractivity contribution >= 4 is 11.8 Å². The van der Waals surface area contributed by atoms with Crippen molar-refractivity contribution in [3.63, 3.8) is 0 Å². The second-order valence-electron chi connectivity index (χ2n) is 4.62. The Kier molecular flexibility index (Phi) is 5.09. The molecule has 0 bridgehead atoms. The molecule has 1 aliphatic carbocycles. The van der Waals surface area contributed by atoms with Gasteiger partial charge in [-0.2, -0.15) is 0 Å². The van der Waals surface area contributed by atoms with Gasteiger partial charge in [0, 0.05) is 25.5 Å². The van der Waals surface area contributed by atoms with Crippen LogP contribution < -0.4 is 5.32 Å². The Hall–Kier alpha value is -1.69. The summed E-state index contributed by atoms with van der Waals surface area (Å²) in [5.41, 5.74) is -0.0424. The maximum atomic E-state index is 10.9. The molecule has 0 aromatic carbocycles. The average molecular weight is 265 g/mol. The van der Waals surface area contributed by atoms with Crippen LogP contribution in [0, 0.1) is 0 Å². The molecule has 1 aromatic heterocycles. The fourth-order valence-electron chi connectivity index (χ4n) is 2.21. The minimum Gasteiger partial charge on any atom is -0.476 e. The van der Waals surface area contributed by atoms with Gasteiger partial charge in [-0.25, -0.2) is 14.8 Å². The summed E-state index contributed by atoms with van der Waals surface area (Å²) >= 11 is 0. The largest absolute Gasteiger partial charge is 0.476 e. The molecule has 0 saturated heterocycles. The van der Waals surface area contributed by atoms with E-state index in [9.17, 15) is 4.79 Å². The van der Waals surface area contributed by atoms with Gasteiger partial charge >= 0.3 is 5.97 Å². The predicted octanol–water partition coefficient (Wildman–Crippen LogP) is 1.94. The van der Waals surface area contributed by atoms with Crippen LogP contribution in [0.25, 0.3) is 0 Å². The highest BCUT2D eigenvalue weighted by Crippen LogP contribution is 2.20. The minimum atomic E-state index is -1.07. The van der Waals surface area contributed by atoms with E-state index < -0.39 is 5.97 Å². The Bertz CT molecular complexity index is 419. The first-order valence-electron chi connectivity index (χ1n) is 6.67. The summed E-state index contributed by atoms with van der Waals surface area (Å²) in [6, 6.07) is 0. The monoisotopic (exact) mass is 265 g/mol. The molecule has 1 aromatic rings. The van der Waals surface area contributed by atoms with Gasteiger partial charge in [0.25, 0.3) is 0 Å². The van der Waals surface area contributed by atoms with Crippen LogP contribution >= 0.6 is 0 Å². The highest BCUT2D eigenvalue weighted by atomic mass is 16.5. The molecule has 1 saturated carbocycles. The fraction of sp³-hybridized carbons (Fsp3) is 0.615. The quantitative estimate of drug-likeness (QED) is 0.733. The molecule has 2 N–H and O–H groups in total. The van der Waals surface area contributed by atoms with Gasteiger partial charge in [-0.15, -0.1) is 0 Å². The Morgan fingerprint density at radius 1 is 1.37 bits per heavy atom. The predicted molar refractivity (Wildman–Crippen MR) is 70.3 cm³/mol. The number of carboxylic acid groups (broad SMARTS) is 1. The molecular formula is C13H19N3O3. The second kappa shape index (κ2) is 7.04. The molecule has 19 heavy (non-hydrogen) atoms. The molecule has 1 heterocycles. The van der Waals surface area contributed by atoms with Crippen molar-refractivity contribution in [2.24, 2.45) is 0 Å². The van der Waals surface area contributed by atoms with Gasteiger partial charge in [-0.05, 0) is 19.3 Å². The van der Waals surface area contributed by atoms with Gasteiger partial charge < -0.3 is 15.2 Å². The van der Waals surface area contributed by atoms with E-state index in [4.69, 9.17) is 9.84 Å². The SMILES string of the molecule is O=C(O)c1nccnc1NCCCOC1CCCC1. The van der Waals surface area contributed by atoms with E-state index in [0.717, 1.165) is 6.42 Å². The van der Waals surface area contributed by atoms with Gasteiger partial charge in [0.2, 0.25) is 0 Å². The lowest BCUT2D eigenvalue weighted by molar-refractivity contribution is 0.0583. The zero-order chi connectivity index (χ0) is 13.5. The maximum absolute atomic E-state index is 10.9. The Balaban J connectivity index is 1.69. The van der Waals surface area contributed by atoms with Crippen molar-refractivity contribution in [1.29, 1.82) is 0 Å². The fourth-order valence-corrected chi connectivity index (χ4v) is 2.21. The van der Waals surface area contributed by atoms with Crippen LogP contribution in [0.1, 0.15) is 42.6 Å². The molecule has 2 rings (SSSR count). The Morgan fingerprint density at radius 3 is 2.84 bits per heavy atom. The average Bonchev–Trinajstić information content (AvgIpc) is 2.92. The van der Waals surface area contributed by atoms with Crippen molar-refractivity contribution in [3.8, 4) is 0 Å². The molecular weight excluding hydrogens is 246 g/mol. The van der Waals surface area contributed by atoms with Gasteiger partial charge in [0.15, 0.2) is 11.5 Å². The standard InChI is InChI=1S/C13H19N3O3/c17-13(18)11-12(16-8-7-14-11)15-6-3-9-19-10-4-1-2-5-10/h7-8,10H,1-6,9H2,(H,15,16)(H,17,18). The first kappa shape index (κ1) is 13.7. The summed E-state index contributed by atoms with van der Waals surface area (Å²) in [7, 11) is 0. The third-order valence-electron chi connectivity index (χ3n) is 3.17. The summed E-state index contributed by atoms with van der Waals surface area (Å²) in [6.07, 6.45) is 8.97. The van der Waals surface area contributed by atoms with Gasteiger partial charge in [-0.3, -0.25) is 0 Å². The van der Waals surface area contributed by atoms with Crippen LogP contribution in [0.5, 0.6) is 0 Å². The van der Waals surface area contributed by atoms with E-state index in [1.54, 1.807) is 0 Å². The summed E-state index contributed by atoms with van der Waals surface area (Å²) in [5.74, 6) is -0.756. The number of carbonyl (C=O) groups is 1. The normalized spacial score (nSPS) is 15.6. The van der Waals surface area contributed by atoms with E-state index in [-0.39, 0.29) is 5.69 Å². The number of rotatable bonds is 7. The van der Waals surface area contributed by atoms with E-state index in [0.29, 0.717) is 25.1 Å². The van der Waals surface area contributed by atoms with Crippen LogP contribution in [0.15, 0.2) is 12.4 Å². The zero-order valence-corrected chi connectivity index (χ0v) is 10.8. The van der Waals surface area contributed by atoms with Gasteiger partial charge in [-0.1, -0.05) is 12.8 Å². The molecule has 6 nitrogen and oxygen atoms in total.